The van der Waals surface area contributed by atoms with Gasteiger partial charge in [0.1, 0.15) is 17.2 Å². The van der Waals surface area contributed by atoms with Gasteiger partial charge in [-0.05, 0) is 55.2 Å². The summed E-state index contributed by atoms with van der Waals surface area (Å²) in [7, 11) is 0. The van der Waals surface area contributed by atoms with Crippen molar-refractivity contribution in [2.24, 2.45) is 0 Å². The maximum atomic E-state index is 10.1. The van der Waals surface area contributed by atoms with Gasteiger partial charge in [-0.2, -0.15) is 0 Å². The highest BCUT2D eigenvalue weighted by Crippen LogP contribution is 2.24. The van der Waals surface area contributed by atoms with Crippen molar-refractivity contribution in [3.63, 3.8) is 0 Å². The van der Waals surface area contributed by atoms with Crippen LogP contribution in [0.1, 0.15) is 29.7 Å². The molecular weight excluding hydrogens is 294 g/mol. The quantitative estimate of drug-likeness (QED) is 0.564. The van der Waals surface area contributed by atoms with Crippen LogP contribution in [-0.2, 0) is 6.42 Å². The first-order valence-corrected chi connectivity index (χ1v) is 7.58. The Balaban J connectivity index is 1.90. The summed E-state index contributed by atoms with van der Waals surface area (Å²) in [6.45, 7) is 4.17. The van der Waals surface area contributed by atoms with Crippen LogP contribution in [0.2, 0.25) is 0 Å². The molecule has 0 radical (unpaired) electrons. The number of hydrogen-bond donors (Lipinski definition) is 5. The fourth-order valence-electron chi connectivity index (χ4n) is 2.51. The minimum atomic E-state index is -0.822. The van der Waals surface area contributed by atoms with Gasteiger partial charge >= 0.3 is 0 Å². The van der Waals surface area contributed by atoms with E-state index in [1.54, 1.807) is 6.07 Å². The number of aliphatic hydroxyl groups is 1. The molecule has 0 saturated carbocycles. The second-order valence-corrected chi connectivity index (χ2v) is 5.93. The smallest absolute Gasteiger partial charge is 0.119 e. The van der Waals surface area contributed by atoms with Gasteiger partial charge in [-0.15, -0.1) is 0 Å². The number of aromatic hydroxyl groups is 3. The van der Waals surface area contributed by atoms with Crippen molar-refractivity contribution in [1.29, 1.82) is 0 Å². The molecular formula is C18H23NO4. The fraction of sp³-hybridized carbons (Fsp3) is 0.333. The molecule has 2 aromatic rings. The van der Waals surface area contributed by atoms with Gasteiger partial charge in [-0.25, -0.2) is 0 Å². The number of phenolic OH excluding ortho intramolecular Hbond substituents is 3. The van der Waals surface area contributed by atoms with E-state index in [1.807, 2.05) is 26.0 Å². The SMILES string of the molecule is Cc1cc(CC(C)NCC(O)c2cc(O)cc(O)c2)ccc1O. The lowest BCUT2D eigenvalue weighted by Crippen LogP contribution is -2.32. The topological polar surface area (TPSA) is 93.0 Å². The molecule has 0 aliphatic rings. The van der Waals surface area contributed by atoms with Gasteiger partial charge in [0.25, 0.3) is 0 Å². The highest BCUT2D eigenvalue weighted by atomic mass is 16.3. The molecule has 0 bridgehead atoms. The Hall–Kier alpha value is -2.24. The minimum Gasteiger partial charge on any atom is -0.508 e. The number of rotatable bonds is 6. The fourth-order valence-corrected chi connectivity index (χ4v) is 2.51. The molecule has 2 atom stereocenters. The Morgan fingerprint density at radius 3 is 2.26 bits per heavy atom. The van der Waals surface area contributed by atoms with Crippen LogP contribution in [0.25, 0.3) is 0 Å². The van der Waals surface area contributed by atoms with E-state index in [9.17, 15) is 20.4 Å². The van der Waals surface area contributed by atoms with Crippen LogP contribution in [0.15, 0.2) is 36.4 Å². The van der Waals surface area contributed by atoms with E-state index >= 15 is 0 Å². The molecule has 2 aromatic carbocycles. The van der Waals surface area contributed by atoms with Gasteiger partial charge in [0.15, 0.2) is 0 Å². The lowest BCUT2D eigenvalue weighted by atomic mass is 10.0. The zero-order chi connectivity index (χ0) is 17.0. The maximum absolute atomic E-state index is 10.1. The van der Waals surface area contributed by atoms with Gasteiger partial charge in [0.2, 0.25) is 0 Å². The molecule has 0 heterocycles. The third kappa shape index (κ3) is 4.87. The largest absolute Gasteiger partial charge is 0.508 e. The van der Waals surface area contributed by atoms with Gasteiger partial charge in [-0.1, -0.05) is 12.1 Å². The first-order chi connectivity index (χ1) is 10.8. The minimum absolute atomic E-state index is 0.0772. The summed E-state index contributed by atoms with van der Waals surface area (Å²) in [5, 5.41) is 41.8. The number of hydrogen-bond acceptors (Lipinski definition) is 5. The summed E-state index contributed by atoms with van der Waals surface area (Å²) < 4.78 is 0. The summed E-state index contributed by atoms with van der Waals surface area (Å²) in [5.41, 5.74) is 2.40. The second-order valence-electron chi connectivity index (χ2n) is 5.93. The highest BCUT2D eigenvalue weighted by molar-refractivity contribution is 5.38. The van der Waals surface area contributed by atoms with Crippen molar-refractivity contribution in [1.82, 2.24) is 5.32 Å². The molecule has 0 amide bonds. The van der Waals surface area contributed by atoms with E-state index in [4.69, 9.17) is 0 Å². The molecule has 23 heavy (non-hydrogen) atoms. The summed E-state index contributed by atoms with van der Waals surface area (Å²) in [4.78, 5) is 0. The lowest BCUT2D eigenvalue weighted by molar-refractivity contribution is 0.170. The molecule has 0 spiro atoms. The normalized spacial score (nSPS) is 13.7. The summed E-state index contributed by atoms with van der Waals surface area (Å²) in [6, 6.07) is 9.71. The Labute approximate surface area is 135 Å². The van der Waals surface area contributed by atoms with Gasteiger partial charge in [0.05, 0.1) is 6.10 Å². The summed E-state index contributed by atoms with van der Waals surface area (Å²) >= 11 is 0. The Morgan fingerprint density at radius 2 is 1.65 bits per heavy atom. The van der Waals surface area contributed by atoms with Crippen molar-refractivity contribution >= 4 is 0 Å². The monoisotopic (exact) mass is 317 g/mol. The first-order valence-electron chi connectivity index (χ1n) is 7.58. The summed E-state index contributed by atoms with van der Waals surface area (Å²) in [5.74, 6) is 0.131. The van der Waals surface area contributed by atoms with Crippen LogP contribution in [0, 0.1) is 6.92 Å². The van der Waals surface area contributed by atoms with Gasteiger partial charge < -0.3 is 25.7 Å². The van der Waals surface area contributed by atoms with Crippen molar-refractivity contribution in [2.45, 2.75) is 32.4 Å². The average Bonchev–Trinajstić information content (AvgIpc) is 2.47. The zero-order valence-electron chi connectivity index (χ0n) is 13.3. The van der Waals surface area contributed by atoms with Gasteiger partial charge in [0, 0.05) is 18.7 Å². The molecule has 0 aromatic heterocycles. The second kappa shape index (κ2) is 7.35. The van der Waals surface area contributed by atoms with Crippen molar-refractivity contribution < 1.29 is 20.4 Å². The molecule has 5 N–H and O–H groups in total. The molecule has 2 unspecified atom stereocenters. The van der Waals surface area contributed by atoms with E-state index in [-0.39, 0.29) is 23.3 Å². The Bertz CT molecular complexity index is 652. The molecule has 0 saturated heterocycles. The third-order valence-electron chi connectivity index (χ3n) is 3.77. The van der Waals surface area contributed by atoms with E-state index in [0.29, 0.717) is 12.1 Å². The lowest BCUT2D eigenvalue weighted by Gasteiger charge is -2.18. The summed E-state index contributed by atoms with van der Waals surface area (Å²) in [6.07, 6.45) is -0.0592. The van der Waals surface area contributed by atoms with E-state index in [0.717, 1.165) is 17.5 Å². The predicted octanol–water partition coefficient (Wildman–Crippen LogP) is 2.37. The number of aryl methyl sites for hydroxylation is 1. The van der Waals surface area contributed by atoms with Crippen molar-refractivity contribution in [2.75, 3.05) is 6.54 Å². The molecule has 0 aliphatic heterocycles. The van der Waals surface area contributed by atoms with Gasteiger partial charge in [-0.3, -0.25) is 0 Å². The van der Waals surface area contributed by atoms with Crippen molar-refractivity contribution in [3.8, 4) is 17.2 Å². The zero-order valence-corrected chi connectivity index (χ0v) is 13.3. The van der Waals surface area contributed by atoms with Crippen LogP contribution in [0.3, 0.4) is 0 Å². The predicted molar refractivity (Wildman–Crippen MR) is 88.7 cm³/mol. The Kier molecular flexibility index (Phi) is 5.47. The van der Waals surface area contributed by atoms with Crippen LogP contribution in [0.4, 0.5) is 0 Å². The average molecular weight is 317 g/mol. The standard InChI is InChI=1S/C18H23NO4/c1-11-5-13(3-4-17(11)22)6-12(2)19-10-18(23)14-7-15(20)9-16(21)8-14/h3-5,7-9,12,18-23H,6,10H2,1-2H3. The van der Waals surface area contributed by atoms with E-state index < -0.39 is 6.10 Å². The Morgan fingerprint density at radius 1 is 1.00 bits per heavy atom. The highest BCUT2D eigenvalue weighted by Gasteiger charge is 2.12. The number of nitrogens with one attached hydrogen (secondary N) is 1. The van der Waals surface area contributed by atoms with Crippen LogP contribution >= 0.6 is 0 Å². The molecule has 124 valence electrons. The van der Waals surface area contributed by atoms with Crippen LogP contribution in [0.5, 0.6) is 17.2 Å². The molecule has 0 fully saturated rings. The maximum Gasteiger partial charge on any atom is 0.119 e. The number of aliphatic hydroxyl groups excluding tert-OH is 1. The van der Waals surface area contributed by atoms with Crippen molar-refractivity contribution in [3.05, 3.63) is 53.1 Å². The number of phenols is 3. The first kappa shape index (κ1) is 17.1. The van der Waals surface area contributed by atoms with Crippen LogP contribution < -0.4 is 5.32 Å². The molecule has 5 heteroatoms. The molecule has 0 aliphatic carbocycles. The van der Waals surface area contributed by atoms with E-state index in [2.05, 4.69) is 5.32 Å². The number of benzene rings is 2. The molecule has 2 rings (SSSR count). The van der Waals surface area contributed by atoms with Crippen LogP contribution in [-0.4, -0.2) is 33.0 Å². The molecule has 5 nitrogen and oxygen atoms in total. The third-order valence-corrected chi connectivity index (χ3v) is 3.77. The van der Waals surface area contributed by atoms with E-state index in [1.165, 1.54) is 18.2 Å².